The second kappa shape index (κ2) is 5.93. The molecule has 1 amide bonds. The van der Waals surface area contributed by atoms with Crippen molar-refractivity contribution < 1.29 is 9.21 Å². The molecule has 116 valence electrons. The van der Waals surface area contributed by atoms with E-state index < -0.39 is 5.91 Å². The van der Waals surface area contributed by atoms with E-state index >= 15 is 0 Å². The first-order chi connectivity index (χ1) is 11.0. The predicted octanol–water partition coefficient (Wildman–Crippen LogP) is 2.21. The van der Waals surface area contributed by atoms with E-state index in [0.717, 1.165) is 0 Å². The highest BCUT2D eigenvalue weighted by atomic mass is 35.5. The molecule has 0 fully saturated rings. The van der Waals surface area contributed by atoms with Gasteiger partial charge in [0.1, 0.15) is 12.1 Å². The molecule has 0 atom stereocenters. The van der Waals surface area contributed by atoms with Crippen LogP contribution in [0, 0.1) is 0 Å². The van der Waals surface area contributed by atoms with E-state index in [1.165, 1.54) is 24.7 Å². The summed E-state index contributed by atoms with van der Waals surface area (Å²) in [6, 6.07) is 4.69. The molecule has 0 aliphatic carbocycles. The molecule has 0 bridgehead atoms. The fourth-order valence-corrected chi connectivity index (χ4v) is 2.17. The van der Waals surface area contributed by atoms with E-state index in [9.17, 15) is 4.79 Å². The average molecular weight is 331 g/mol. The monoisotopic (exact) mass is 330 g/mol. The number of carbonyl (C=O) groups excluding carboxylic acids is 1. The molecule has 0 radical (unpaired) electrons. The van der Waals surface area contributed by atoms with Gasteiger partial charge < -0.3 is 21.2 Å². The number of benzene rings is 1. The summed E-state index contributed by atoms with van der Waals surface area (Å²) in [5.74, 6) is 0.214. The molecule has 1 aromatic carbocycles. The SMILES string of the molecule is NC(=O)c1ccc(Nc2ncc(-c3ncco3)c(N)n2)cc1Cl. The number of hydrogen-bond acceptors (Lipinski definition) is 7. The molecular weight excluding hydrogens is 320 g/mol. The number of nitrogens with one attached hydrogen (secondary N) is 1. The van der Waals surface area contributed by atoms with Crippen LogP contribution in [-0.2, 0) is 0 Å². The molecule has 2 heterocycles. The first kappa shape index (κ1) is 14.8. The Morgan fingerprint density at radius 3 is 2.74 bits per heavy atom. The van der Waals surface area contributed by atoms with Gasteiger partial charge in [0.25, 0.3) is 0 Å². The summed E-state index contributed by atoms with van der Waals surface area (Å²) >= 11 is 5.99. The van der Waals surface area contributed by atoms with Crippen molar-refractivity contribution in [3.8, 4) is 11.5 Å². The lowest BCUT2D eigenvalue weighted by Gasteiger charge is -2.08. The van der Waals surface area contributed by atoms with Gasteiger partial charge in [-0.3, -0.25) is 4.79 Å². The third kappa shape index (κ3) is 3.06. The lowest BCUT2D eigenvalue weighted by atomic mass is 10.2. The first-order valence-corrected chi connectivity index (χ1v) is 6.81. The number of amides is 1. The smallest absolute Gasteiger partial charge is 0.250 e. The van der Waals surface area contributed by atoms with Gasteiger partial charge in [-0.2, -0.15) is 4.98 Å². The Morgan fingerprint density at radius 2 is 2.13 bits per heavy atom. The third-order valence-electron chi connectivity index (χ3n) is 2.97. The molecule has 0 saturated heterocycles. The molecule has 3 aromatic rings. The van der Waals surface area contributed by atoms with Gasteiger partial charge in [0.05, 0.1) is 22.3 Å². The van der Waals surface area contributed by atoms with E-state index in [-0.39, 0.29) is 22.4 Å². The lowest BCUT2D eigenvalue weighted by molar-refractivity contribution is 0.100. The highest BCUT2D eigenvalue weighted by Gasteiger charge is 2.11. The predicted molar refractivity (Wildman–Crippen MR) is 85.2 cm³/mol. The van der Waals surface area contributed by atoms with Crippen LogP contribution in [0.15, 0.2) is 41.3 Å². The van der Waals surface area contributed by atoms with Gasteiger partial charge in [-0.05, 0) is 18.2 Å². The van der Waals surface area contributed by atoms with E-state index in [4.69, 9.17) is 27.5 Å². The van der Waals surface area contributed by atoms with Gasteiger partial charge in [0, 0.05) is 11.9 Å². The van der Waals surface area contributed by atoms with Crippen molar-refractivity contribution in [3.05, 3.63) is 47.4 Å². The maximum atomic E-state index is 11.1. The summed E-state index contributed by atoms with van der Waals surface area (Å²) in [7, 11) is 0. The van der Waals surface area contributed by atoms with E-state index in [1.807, 2.05) is 0 Å². The largest absolute Gasteiger partial charge is 0.444 e. The lowest BCUT2D eigenvalue weighted by Crippen LogP contribution is -2.11. The number of halogens is 1. The topological polar surface area (TPSA) is 133 Å². The highest BCUT2D eigenvalue weighted by molar-refractivity contribution is 6.34. The summed E-state index contributed by atoms with van der Waals surface area (Å²) in [6.07, 6.45) is 4.43. The number of oxazole rings is 1. The molecule has 0 saturated carbocycles. The summed E-state index contributed by atoms with van der Waals surface area (Å²) in [5.41, 5.74) is 12.4. The van der Waals surface area contributed by atoms with Crippen LogP contribution in [0.4, 0.5) is 17.5 Å². The van der Waals surface area contributed by atoms with Crippen molar-refractivity contribution in [1.82, 2.24) is 15.0 Å². The zero-order chi connectivity index (χ0) is 16.4. The number of carbonyl (C=O) groups is 1. The fraction of sp³-hybridized carbons (Fsp3) is 0. The van der Waals surface area contributed by atoms with E-state index in [0.29, 0.717) is 17.1 Å². The Hall–Kier alpha value is -3.13. The normalized spacial score (nSPS) is 10.5. The summed E-state index contributed by atoms with van der Waals surface area (Å²) in [5, 5.41) is 3.16. The number of nitrogens with zero attached hydrogens (tertiary/aromatic N) is 3. The number of hydrogen-bond donors (Lipinski definition) is 3. The Kier molecular flexibility index (Phi) is 3.82. The molecule has 0 spiro atoms. The molecule has 0 unspecified atom stereocenters. The van der Waals surface area contributed by atoms with Crippen LogP contribution in [0.1, 0.15) is 10.4 Å². The summed E-state index contributed by atoms with van der Waals surface area (Å²) in [4.78, 5) is 23.4. The number of anilines is 3. The second-order valence-corrected chi connectivity index (χ2v) is 4.92. The van der Waals surface area contributed by atoms with Gasteiger partial charge in [0.15, 0.2) is 0 Å². The van der Waals surface area contributed by atoms with Gasteiger partial charge in [-0.25, -0.2) is 9.97 Å². The summed E-state index contributed by atoms with van der Waals surface area (Å²) < 4.78 is 5.16. The number of rotatable bonds is 4. The minimum atomic E-state index is -0.600. The van der Waals surface area contributed by atoms with Crippen LogP contribution in [0.5, 0.6) is 0 Å². The molecule has 5 N–H and O–H groups in total. The molecule has 2 aromatic heterocycles. The van der Waals surface area contributed by atoms with E-state index in [2.05, 4.69) is 20.3 Å². The Morgan fingerprint density at radius 1 is 1.30 bits per heavy atom. The van der Waals surface area contributed by atoms with Crippen LogP contribution >= 0.6 is 11.6 Å². The quantitative estimate of drug-likeness (QED) is 0.667. The van der Waals surface area contributed by atoms with Gasteiger partial charge in [-0.15, -0.1) is 0 Å². The van der Waals surface area contributed by atoms with Gasteiger partial charge in [0.2, 0.25) is 17.7 Å². The number of nitrogens with two attached hydrogens (primary N) is 2. The molecular formula is C14H11ClN6O2. The standard InChI is InChI=1S/C14H11ClN6O2/c15-10-5-7(1-2-8(10)12(17)22)20-14-19-6-9(11(16)21-14)13-18-3-4-23-13/h1-6H,(H2,17,22)(H3,16,19,20,21). The van der Waals surface area contributed by atoms with E-state index in [1.54, 1.807) is 12.1 Å². The third-order valence-corrected chi connectivity index (χ3v) is 3.28. The van der Waals surface area contributed by atoms with Crippen molar-refractivity contribution in [1.29, 1.82) is 0 Å². The van der Waals surface area contributed by atoms with Gasteiger partial charge >= 0.3 is 0 Å². The molecule has 3 rings (SSSR count). The number of aromatic nitrogens is 3. The highest BCUT2D eigenvalue weighted by Crippen LogP contribution is 2.25. The van der Waals surface area contributed by atoms with Crippen LogP contribution in [0.2, 0.25) is 5.02 Å². The van der Waals surface area contributed by atoms with Crippen molar-refractivity contribution in [2.24, 2.45) is 5.73 Å². The Bertz CT molecular complexity index is 866. The number of primary amides is 1. The minimum Gasteiger partial charge on any atom is -0.444 e. The van der Waals surface area contributed by atoms with Crippen molar-refractivity contribution in [3.63, 3.8) is 0 Å². The fourth-order valence-electron chi connectivity index (χ4n) is 1.90. The number of nitrogen functional groups attached to an aromatic ring is 1. The first-order valence-electron chi connectivity index (χ1n) is 6.43. The maximum absolute atomic E-state index is 11.1. The van der Waals surface area contributed by atoms with Crippen LogP contribution < -0.4 is 16.8 Å². The van der Waals surface area contributed by atoms with Crippen molar-refractivity contribution >= 4 is 35.0 Å². The van der Waals surface area contributed by atoms with Crippen molar-refractivity contribution in [2.75, 3.05) is 11.1 Å². The maximum Gasteiger partial charge on any atom is 0.250 e. The molecule has 0 aliphatic heterocycles. The molecule has 0 aliphatic rings. The Balaban J connectivity index is 1.85. The summed E-state index contributed by atoms with van der Waals surface area (Å²) in [6.45, 7) is 0. The van der Waals surface area contributed by atoms with Gasteiger partial charge in [-0.1, -0.05) is 11.6 Å². The molecule has 9 heteroatoms. The van der Waals surface area contributed by atoms with Crippen LogP contribution in [0.3, 0.4) is 0 Å². The minimum absolute atomic E-state index is 0.213. The Labute approximate surface area is 135 Å². The average Bonchev–Trinajstić information content (AvgIpc) is 3.01. The zero-order valence-corrected chi connectivity index (χ0v) is 12.4. The van der Waals surface area contributed by atoms with Crippen molar-refractivity contribution in [2.45, 2.75) is 0 Å². The van der Waals surface area contributed by atoms with Crippen LogP contribution in [-0.4, -0.2) is 20.9 Å². The molecule has 23 heavy (non-hydrogen) atoms. The molecule has 8 nitrogen and oxygen atoms in total. The van der Waals surface area contributed by atoms with Crippen LogP contribution in [0.25, 0.3) is 11.5 Å². The second-order valence-electron chi connectivity index (χ2n) is 4.51. The zero-order valence-electron chi connectivity index (χ0n) is 11.7.